The molecule has 0 saturated heterocycles. The molecule has 106 valence electrons. The van der Waals surface area contributed by atoms with Crippen molar-refractivity contribution in [3.63, 3.8) is 0 Å². The Bertz CT molecular complexity index is 417. The molecule has 1 aromatic carbocycles. The molecular formula is C15H23ClN2O. The van der Waals surface area contributed by atoms with Crippen LogP contribution in [0, 0.1) is 0 Å². The van der Waals surface area contributed by atoms with Gasteiger partial charge in [0.1, 0.15) is 0 Å². The summed E-state index contributed by atoms with van der Waals surface area (Å²) in [5.74, 6) is 0. The molecule has 19 heavy (non-hydrogen) atoms. The molecule has 0 heterocycles. The van der Waals surface area contributed by atoms with Crippen molar-refractivity contribution in [2.45, 2.75) is 44.7 Å². The number of nitrogens with two attached hydrogens (primary N) is 1. The molecule has 2 rings (SSSR count). The summed E-state index contributed by atoms with van der Waals surface area (Å²) in [6, 6.07) is 6.53. The number of nitrogens with zero attached hydrogens (tertiary/aromatic N) is 1. The number of hydrogen-bond donors (Lipinski definition) is 2. The van der Waals surface area contributed by atoms with Crippen LogP contribution in [0.1, 0.15) is 44.2 Å². The Morgan fingerprint density at radius 2 is 2.11 bits per heavy atom. The zero-order valence-electron chi connectivity index (χ0n) is 11.5. The average Bonchev–Trinajstić information content (AvgIpc) is 2.89. The molecule has 3 nitrogen and oxygen atoms in total. The maximum Gasteiger partial charge on any atom is 0.0606 e. The molecule has 1 aliphatic carbocycles. The maximum absolute atomic E-state index is 9.28. The molecule has 1 fully saturated rings. The summed E-state index contributed by atoms with van der Waals surface area (Å²) in [7, 11) is 0. The van der Waals surface area contributed by atoms with E-state index in [9.17, 15) is 5.11 Å². The Labute approximate surface area is 120 Å². The summed E-state index contributed by atoms with van der Waals surface area (Å²) in [4.78, 5) is 2.28. The van der Waals surface area contributed by atoms with Gasteiger partial charge in [-0.05, 0) is 37.5 Å². The van der Waals surface area contributed by atoms with Crippen LogP contribution in [0.15, 0.2) is 18.2 Å². The highest BCUT2D eigenvalue weighted by molar-refractivity contribution is 6.31. The lowest BCUT2D eigenvalue weighted by molar-refractivity contribution is 0.297. The monoisotopic (exact) mass is 282 g/mol. The molecule has 4 heteroatoms. The molecule has 0 amide bonds. The first-order valence-corrected chi connectivity index (χ1v) is 7.44. The first kappa shape index (κ1) is 14.6. The van der Waals surface area contributed by atoms with Crippen molar-refractivity contribution in [2.75, 3.05) is 18.1 Å². The number of aliphatic hydroxyl groups excluding tert-OH is 1. The third-order valence-corrected chi connectivity index (χ3v) is 4.24. The molecule has 1 aromatic rings. The Balaban J connectivity index is 2.23. The van der Waals surface area contributed by atoms with Gasteiger partial charge < -0.3 is 15.7 Å². The first-order valence-electron chi connectivity index (χ1n) is 7.06. The number of halogens is 1. The molecule has 0 radical (unpaired) electrons. The van der Waals surface area contributed by atoms with Crippen LogP contribution in [0.2, 0.25) is 5.02 Å². The number of benzene rings is 1. The van der Waals surface area contributed by atoms with Crippen molar-refractivity contribution in [3.05, 3.63) is 28.8 Å². The maximum atomic E-state index is 9.28. The summed E-state index contributed by atoms with van der Waals surface area (Å²) in [6.45, 7) is 2.77. The van der Waals surface area contributed by atoms with Gasteiger partial charge in [0.2, 0.25) is 0 Å². The summed E-state index contributed by atoms with van der Waals surface area (Å²) in [5.41, 5.74) is 7.95. The van der Waals surface area contributed by atoms with E-state index >= 15 is 0 Å². The molecule has 1 saturated carbocycles. The zero-order chi connectivity index (χ0) is 13.8. The standard InChI is InChI=1S/C15H23ClN2O/c1-11(17)14-7-6-13(10-15(14)16)18(8-9-19)12-4-2-3-5-12/h6-7,10-12,19H,2-5,8-9,17H2,1H3. The predicted molar refractivity (Wildman–Crippen MR) is 80.7 cm³/mol. The first-order chi connectivity index (χ1) is 9.13. The van der Waals surface area contributed by atoms with Gasteiger partial charge in [-0.3, -0.25) is 0 Å². The van der Waals surface area contributed by atoms with E-state index in [-0.39, 0.29) is 12.6 Å². The number of rotatable bonds is 5. The minimum Gasteiger partial charge on any atom is -0.395 e. The molecule has 1 aliphatic rings. The topological polar surface area (TPSA) is 49.5 Å². The van der Waals surface area contributed by atoms with E-state index < -0.39 is 0 Å². The Hall–Kier alpha value is -0.770. The highest BCUT2D eigenvalue weighted by Crippen LogP contribution is 2.32. The van der Waals surface area contributed by atoms with Gasteiger partial charge >= 0.3 is 0 Å². The van der Waals surface area contributed by atoms with Gasteiger partial charge in [-0.25, -0.2) is 0 Å². The molecule has 0 bridgehead atoms. The van der Waals surface area contributed by atoms with Crippen LogP contribution in [0.4, 0.5) is 5.69 Å². The number of hydrogen-bond acceptors (Lipinski definition) is 3. The highest BCUT2D eigenvalue weighted by Gasteiger charge is 2.23. The van der Waals surface area contributed by atoms with Crippen molar-refractivity contribution in [2.24, 2.45) is 5.73 Å². The minimum absolute atomic E-state index is 0.0562. The fraction of sp³-hybridized carbons (Fsp3) is 0.600. The highest BCUT2D eigenvalue weighted by atomic mass is 35.5. The largest absolute Gasteiger partial charge is 0.395 e. The smallest absolute Gasteiger partial charge is 0.0606 e. The van der Waals surface area contributed by atoms with Crippen LogP contribution in [-0.4, -0.2) is 24.3 Å². The molecule has 0 spiro atoms. The van der Waals surface area contributed by atoms with Gasteiger partial charge in [-0.2, -0.15) is 0 Å². The van der Waals surface area contributed by atoms with E-state index in [1.54, 1.807) is 0 Å². The van der Waals surface area contributed by atoms with Crippen LogP contribution in [-0.2, 0) is 0 Å². The van der Waals surface area contributed by atoms with Gasteiger partial charge in [0.25, 0.3) is 0 Å². The Kier molecular flexibility index (Phi) is 5.08. The second-order valence-corrected chi connectivity index (χ2v) is 5.76. The fourth-order valence-electron chi connectivity index (χ4n) is 2.91. The van der Waals surface area contributed by atoms with Gasteiger partial charge in [0.15, 0.2) is 0 Å². The van der Waals surface area contributed by atoms with Crippen molar-refractivity contribution in [1.29, 1.82) is 0 Å². The Morgan fingerprint density at radius 3 is 2.63 bits per heavy atom. The lowest BCUT2D eigenvalue weighted by Gasteiger charge is -2.31. The van der Waals surface area contributed by atoms with E-state index in [1.807, 2.05) is 19.1 Å². The summed E-state index contributed by atoms with van der Waals surface area (Å²) in [6.07, 6.45) is 4.95. The van der Waals surface area contributed by atoms with Crippen molar-refractivity contribution in [3.8, 4) is 0 Å². The molecule has 1 unspecified atom stereocenters. The quantitative estimate of drug-likeness (QED) is 0.872. The van der Waals surface area contributed by atoms with Crippen LogP contribution < -0.4 is 10.6 Å². The van der Waals surface area contributed by atoms with Gasteiger partial charge in [-0.15, -0.1) is 0 Å². The number of anilines is 1. The summed E-state index contributed by atoms with van der Waals surface area (Å²) < 4.78 is 0. The van der Waals surface area contributed by atoms with Crippen LogP contribution in [0.25, 0.3) is 0 Å². The zero-order valence-corrected chi connectivity index (χ0v) is 12.2. The second-order valence-electron chi connectivity index (χ2n) is 5.35. The number of aliphatic hydroxyl groups is 1. The molecule has 0 aromatic heterocycles. The third-order valence-electron chi connectivity index (χ3n) is 3.91. The van der Waals surface area contributed by atoms with E-state index in [2.05, 4.69) is 11.0 Å². The minimum atomic E-state index is -0.0562. The molecule has 3 N–H and O–H groups in total. The van der Waals surface area contributed by atoms with Crippen LogP contribution in [0.5, 0.6) is 0 Å². The van der Waals surface area contributed by atoms with Gasteiger partial charge in [0.05, 0.1) is 6.61 Å². The fourth-order valence-corrected chi connectivity index (χ4v) is 3.26. The predicted octanol–water partition coefficient (Wildman–Crippen LogP) is 3.10. The third kappa shape index (κ3) is 3.41. The summed E-state index contributed by atoms with van der Waals surface area (Å²) in [5, 5.41) is 9.99. The van der Waals surface area contributed by atoms with E-state index in [4.69, 9.17) is 17.3 Å². The van der Waals surface area contributed by atoms with Crippen molar-refractivity contribution < 1.29 is 5.11 Å². The molecular weight excluding hydrogens is 260 g/mol. The van der Waals surface area contributed by atoms with Gasteiger partial charge in [-0.1, -0.05) is 30.5 Å². The van der Waals surface area contributed by atoms with E-state index in [1.165, 1.54) is 25.7 Å². The SMILES string of the molecule is CC(N)c1ccc(N(CCO)C2CCCC2)cc1Cl. The second kappa shape index (κ2) is 6.60. The Morgan fingerprint density at radius 1 is 1.42 bits per heavy atom. The van der Waals surface area contributed by atoms with Gasteiger partial charge in [0, 0.05) is 29.3 Å². The average molecular weight is 283 g/mol. The molecule has 0 aliphatic heterocycles. The van der Waals surface area contributed by atoms with Crippen LogP contribution >= 0.6 is 11.6 Å². The van der Waals surface area contributed by atoms with Crippen LogP contribution in [0.3, 0.4) is 0 Å². The van der Waals surface area contributed by atoms with E-state index in [0.29, 0.717) is 17.6 Å². The van der Waals surface area contributed by atoms with Crippen molar-refractivity contribution >= 4 is 17.3 Å². The normalized spacial score (nSPS) is 17.7. The lowest BCUT2D eigenvalue weighted by Crippen LogP contribution is -2.35. The summed E-state index contributed by atoms with van der Waals surface area (Å²) >= 11 is 6.31. The molecule has 1 atom stereocenters. The van der Waals surface area contributed by atoms with Crippen molar-refractivity contribution in [1.82, 2.24) is 0 Å². The lowest BCUT2D eigenvalue weighted by atomic mass is 10.1. The van der Waals surface area contributed by atoms with E-state index in [0.717, 1.165) is 11.3 Å².